The third-order valence-electron chi connectivity index (χ3n) is 2.87. The van der Waals surface area contributed by atoms with E-state index in [4.69, 9.17) is 9.52 Å². The third kappa shape index (κ3) is 2.22. The summed E-state index contributed by atoms with van der Waals surface area (Å²) in [7, 11) is 0. The zero-order valence-corrected chi connectivity index (χ0v) is 10.2. The van der Waals surface area contributed by atoms with Crippen molar-refractivity contribution in [2.24, 2.45) is 0 Å². The highest BCUT2D eigenvalue weighted by molar-refractivity contribution is 5.95. The second-order valence-electron chi connectivity index (χ2n) is 4.25. The lowest BCUT2D eigenvalue weighted by Crippen LogP contribution is -2.02. The summed E-state index contributed by atoms with van der Waals surface area (Å²) in [5.74, 6) is -4.77. The van der Waals surface area contributed by atoms with Crippen LogP contribution in [0.5, 0.6) is 0 Å². The lowest BCUT2D eigenvalue weighted by atomic mass is 10.1. The van der Waals surface area contributed by atoms with E-state index in [1.54, 1.807) is 0 Å². The van der Waals surface area contributed by atoms with Gasteiger partial charge in [-0.3, -0.25) is 0 Å². The van der Waals surface area contributed by atoms with Gasteiger partial charge in [0.05, 0.1) is 11.1 Å². The van der Waals surface area contributed by atoms with E-state index in [1.807, 2.05) is 0 Å². The van der Waals surface area contributed by atoms with Crippen LogP contribution in [-0.4, -0.2) is 16.1 Å². The van der Waals surface area contributed by atoms with Gasteiger partial charge in [0.15, 0.2) is 17.2 Å². The molecule has 0 aliphatic heterocycles. The quantitative estimate of drug-likeness (QED) is 0.784. The number of hydrogen-bond donors (Lipinski definition) is 1. The van der Waals surface area contributed by atoms with E-state index < -0.39 is 29.0 Å². The van der Waals surface area contributed by atoms with Crippen molar-refractivity contribution in [1.82, 2.24) is 4.98 Å². The molecule has 4 nitrogen and oxygen atoms in total. The number of carboxylic acid groups (broad SMARTS) is 1. The number of aromatic carboxylic acids is 1. The van der Waals surface area contributed by atoms with Crippen LogP contribution in [0.3, 0.4) is 0 Å². The van der Waals surface area contributed by atoms with E-state index in [1.165, 1.54) is 6.07 Å². The van der Waals surface area contributed by atoms with E-state index in [9.17, 15) is 18.0 Å². The maximum absolute atomic E-state index is 13.3. The second-order valence-corrected chi connectivity index (χ2v) is 4.25. The Hall–Kier alpha value is -2.83. The minimum atomic E-state index is -1.46. The first-order chi connectivity index (χ1) is 9.95. The summed E-state index contributed by atoms with van der Waals surface area (Å²) in [5.41, 5.74) is -0.377. The number of halogens is 3. The molecule has 0 unspecified atom stereocenters. The van der Waals surface area contributed by atoms with Crippen LogP contribution in [0.15, 0.2) is 34.7 Å². The molecule has 0 aliphatic carbocycles. The Morgan fingerprint density at radius 2 is 1.81 bits per heavy atom. The van der Waals surface area contributed by atoms with Gasteiger partial charge >= 0.3 is 5.97 Å². The van der Waals surface area contributed by atoms with Crippen molar-refractivity contribution in [1.29, 1.82) is 0 Å². The van der Waals surface area contributed by atoms with E-state index in [0.717, 1.165) is 12.1 Å². The number of benzene rings is 2. The number of carbonyl (C=O) groups is 1. The number of aromatic nitrogens is 1. The Labute approximate surface area is 115 Å². The van der Waals surface area contributed by atoms with Gasteiger partial charge in [0.25, 0.3) is 0 Å². The van der Waals surface area contributed by atoms with E-state index >= 15 is 0 Å². The van der Waals surface area contributed by atoms with Gasteiger partial charge < -0.3 is 9.52 Å². The normalized spacial score (nSPS) is 11.0. The summed E-state index contributed by atoms with van der Waals surface area (Å²) in [4.78, 5) is 15.0. The van der Waals surface area contributed by atoms with Gasteiger partial charge in [0, 0.05) is 6.07 Å². The van der Waals surface area contributed by atoms with Crippen LogP contribution in [0, 0.1) is 17.5 Å². The monoisotopic (exact) mass is 293 g/mol. The Morgan fingerprint density at radius 3 is 2.52 bits per heavy atom. The number of fused-ring (bicyclic) bond motifs is 1. The molecule has 0 aliphatic rings. The average Bonchev–Trinajstić information content (AvgIpc) is 2.83. The molecule has 0 amide bonds. The van der Waals surface area contributed by atoms with Crippen molar-refractivity contribution in [3.8, 4) is 11.5 Å². The molecule has 3 aromatic rings. The van der Waals surface area contributed by atoms with Crippen LogP contribution in [0.4, 0.5) is 13.2 Å². The minimum absolute atomic E-state index is 0.145. The average molecular weight is 293 g/mol. The molecule has 0 saturated heterocycles. The summed E-state index contributed by atoms with van der Waals surface area (Å²) in [6, 6.07) is 4.76. The molecule has 2 aromatic carbocycles. The maximum atomic E-state index is 13.3. The number of oxazole rings is 1. The van der Waals surface area contributed by atoms with Crippen molar-refractivity contribution in [3.63, 3.8) is 0 Å². The maximum Gasteiger partial charge on any atom is 0.336 e. The zero-order chi connectivity index (χ0) is 15.1. The fourth-order valence-electron chi connectivity index (χ4n) is 1.92. The summed E-state index contributed by atoms with van der Waals surface area (Å²) in [5, 5.41) is 9.04. The summed E-state index contributed by atoms with van der Waals surface area (Å²) < 4.78 is 44.8. The first-order valence-electron chi connectivity index (χ1n) is 5.74. The largest absolute Gasteiger partial charge is 0.478 e. The fourth-order valence-corrected chi connectivity index (χ4v) is 1.92. The Kier molecular flexibility index (Phi) is 2.90. The van der Waals surface area contributed by atoms with Crippen molar-refractivity contribution < 1.29 is 27.5 Å². The predicted molar refractivity (Wildman–Crippen MR) is 66.3 cm³/mol. The van der Waals surface area contributed by atoms with Gasteiger partial charge in [0.2, 0.25) is 5.89 Å². The van der Waals surface area contributed by atoms with Crippen LogP contribution in [0.2, 0.25) is 0 Å². The van der Waals surface area contributed by atoms with Gasteiger partial charge in [-0.15, -0.1) is 0 Å². The molecule has 0 radical (unpaired) electrons. The zero-order valence-electron chi connectivity index (χ0n) is 10.2. The molecule has 21 heavy (non-hydrogen) atoms. The number of hydrogen-bond acceptors (Lipinski definition) is 3. The molecule has 3 rings (SSSR count). The molecular formula is C14H6F3NO3. The van der Waals surface area contributed by atoms with Crippen molar-refractivity contribution >= 4 is 17.1 Å². The fraction of sp³-hybridized carbons (Fsp3) is 0. The second kappa shape index (κ2) is 4.62. The molecule has 0 atom stereocenters. The molecule has 106 valence electrons. The molecule has 0 saturated carbocycles. The van der Waals surface area contributed by atoms with Crippen LogP contribution in [0.1, 0.15) is 10.4 Å². The van der Waals surface area contributed by atoms with Crippen LogP contribution < -0.4 is 0 Å². The molecule has 0 bridgehead atoms. The van der Waals surface area contributed by atoms with E-state index in [-0.39, 0.29) is 22.6 Å². The summed E-state index contributed by atoms with van der Waals surface area (Å²) in [6.07, 6.45) is 0. The molecular weight excluding hydrogens is 287 g/mol. The first kappa shape index (κ1) is 13.2. The van der Waals surface area contributed by atoms with Gasteiger partial charge in [-0.05, 0) is 24.3 Å². The van der Waals surface area contributed by atoms with E-state index in [0.29, 0.717) is 12.1 Å². The van der Waals surface area contributed by atoms with Crippen LogP contribution in [-0.2, 0) is 0 Å². The standard InChI is InChI=1S/C14H6F3NO3/c15-6-1-2-12-11(3-6)18-13(21-12)7-4-9(16)10(17)5-8(7)14(19)20/h1-5H,(H,19,20). The van der Waals surface area contributed by atoms with Crippen molar-refractivity contribution in [2.45, 2.75) is 0 Å². The van der Waals surface area contributed by atoms with Crippen molar-refractivity contribution in [2.75, 3.05) is 0 Å². The van der Waals surface area contributed by atoms with E-state index in [2.05, 4.69) is 4.98 Å². The predicted octanol–water partition coefficient (Wildman–Crippen LogP) is 3.61. The number of carboxylic acids is 1. The number of rotatable bonds is 2. The Bertz CT molecular complexity index is 873. The first-order valence-corrected chi connectivity index (χ1v) is 5.74. The molecule has 1 N–H and O–H groups in total. The topological polar surface area (TPSA) is 63.3 Å². The number of nitrogens with zero attached hydrogens (tertiary/aromatic N) is 1. The van der Waals surface area contributed by atoms with Gasteiger partial charge in [-0.25, -0.2) is 22.9 Å². The molecule has 0 spiro atoms. The Balaban J connectivity index is 2.26. The third-order valence-corrected chi connectivity index (χ3v) is 2.87. The lowest BCUT2D eigenvalue weighted by molar-refractivity contribution is 0.0697. The molecule has 1 heterocycles. The smallest absolute Gasteiger partial charge is 0.336 e. The highest BCUT2D eigenvalue weighted by Crippen LogP contribution is 2.29. The minimum Gasteiger partial charge on any atom is -0.478 e. The molecule has 7 heteroatoms. The van der Waals surface area contributed by atoms with Crippen molar-refractivity contribution in [3.05, 3.63) is 53.3 Å². The van der Waals surface area contributed by atoms with Gasteiger partial charge in [-0.2, -0.15) is 0 Å². The van der Waals surface area contributed by atoms with Crippen LogP contribution in [0.25, 0.3) is 22.6 Å². The van der Waals surface area contributed by atoms with Gasteiger partial charge in [0.1, 0.15) is 11.3 Å². The highest BCUT2D eigenvalue weighted by atomic mass is 19.2. The lowest BCUT2D eigenvalue weighted by Gasteiger charge is -2.03. The Morgan fingerprint density at radius 1 is 1.10 bits per heavy atom. The summed E-state index contributed by atoms with van der Waals surface area (Å²) in [6.45, 7) is 0. The van der Waals surface area contributed by atoms with Crippen LogP contribution >= 0.6 is 0 Å². The van der Waals surface area contributed by atoms with Gasteiger partial charge in [-0.1, -0.05) is 0 Å². The highest BCUT2D eigenvalue weighted by Gasteiger charge is 2.20. The summed E-state index contributed by atoms with van der Waals surface area (Å²) >= 11 is 0. The molecule has 0 fully saturated rings. The molecule has 1 aromatic heterocycles. The SMILES string of the molecule is O=C(O)c1cc(F)c(F)cc1-c1nc2cc(F)ccc2o1.